The van der Waals surface area contributed by atoms with Gasteiger partial charge in [0.25, 0.3) is 5.56 Å². The summed E-state index contributed by atoms with van der Waals surface area (Å²) in [6.45, 7) is -0.475. The molecule has 1 aromatic rings. The smallest absolute Gasteiger partial charge is 0.432 e. The van der Waals surface area contributed by atoms with E-state index in [9.17, 15) is 28.1 Å². The van der Waals surface area contributed by atoms with Gasteiger partial charge in [-0.25, -0.2) is 32.4 Å². The highest BCUT2D eigenvalue weighted by atomic mass is 31.2. The predicted molar refractivity (Wildman–Crippen MR) is 147 cm³/mol. The quantitative estimate of drug-likeness (QED) is 0.0781. The Labute approximate surface area is 261 Å². The molecule has 1 aliphatic heterocycles. The number of carbonyl (C=O) groups is 2. The van der Waals surface area contributed by atoms with Crippen LogP contribution in [-0.4, -0.2) is 121 Å². The molecule has 2 fully saturated rings. The minimum atomic E-state index is -4.76. The number of fused-ring (bicyclic) bond motifs is 1. The third kappa shape index (κ3) is 10.5. The van der Waals surface area contributed by atoms with E-state index in [0.717, 1.165) is 10.6 Å². The van der Waals surface area contributed by atoms with Gasteiger partial charge in [-0.05, 0) is 0 Å². The molecule has 0 spiro atoms. The lowest BCUT2D eigenvalue weighted by Crippen LogP contribution is -2.36. The molecule has 1 aromatic heterocycles. The minimum absolute atomic E-state index is 0.0511. The number of aromatic amines is 1. The fraction of sp³-hybridized carbons (Fsp3) is 0.760. The minimum Gasteiger partial charge on any atom is -0.432 e. The summed E-state index contributed by atoms with van der Waals surface area (Å²) in [5.41, 5.74) is -3.06. The highest BCUT2D eigenvalue weighted by Crippen LogP contribution is 2.68. The van der Waals surface area contributed by atoms with Crippen LogP contribution in [0.25, 0.3) is 0 Å². The van der Waals surface area contributed by atoms with Gasteiger partial charge in [-0.1, -0.05) is 6.92 Å². The van der Waals surface area contributed by atoms with Crippen molar-refractivity contribution < 1.29 is 74.7 Å². The zero-order valence-electron chi connectivity index (χ0n) is 25.5. The number of ether oxygens (including phenoxy) is 9. The number of rotatable bonds is 22. The maximum Gasteiger partial charge on any atom is 0.510 e. The van der Waals surface area contributed by atoms with Crippen LogP contribution in [0.4, 0.5) is 14.0 Å². The highest BCUT2D eigenvalue weighted by molar-refractivity contribution is 7.48. The maximum absolute atomic E-state index is 14.4. The molecule has 1 saturated carbocycles. The number of carbonyl (C=O) groups excluding carboxylic acids is 2. The van der Waals surface area contributed by atoms with E-state index in [1.807, 2.05) is 0 Å². The van der Waals surface area contributed by atoms with Crippen LogP contribution in [0.5, 0.6) is 0 Å². The standard InChI is InChI=1S/C25H38FN2O17P/c1-17-19-20(25(19,14-26)44-21(17)28-5-4-18(29)27-22(28)30)45-46(33,42-15-40-23(31)38-12-10-36-8-6-34-2)43-16-41-24(32)39-13-11-37-9-7-35-3/h4-5,17,19-21H,6-16H2,1-3H3,(H,27,29,30)/t17-,19?,20?,21+,25-/m0/s1. The second-order valence-electron chi connectivity index (χ2n) is 9.66. The summed E-state index contributed by atoms with van der Waals surface area (Å²) in [6, 6.07) is 1.10. The number of nitrogens with one attached hydrogen (secondary N) is 1. The van der Waals surface area contributed by atoms with Crippen molar-refractivity contribution in [3.8, 4) is 0 Å². The van der Waals surface area contributed by atoms with Crippen LogP contribution in [-0.2, 0) is 60.8 Å². The molecule has 262 valence electrons. The van der Waals surface area contributed by atoms with Crippen LogP contribution in [0.1, 0.15) is 13.2 Å². The van der Waals surface area contributed by atoms with Gasteiger partial charge in [0.2, 0.25) is 13.6 Å². The molecule has 1 aliphatic carbocycles. The topological polar surface area (TPSA) is 217 Å². The second kappa shape index (κ2) is 18.4. The van der Waals surface area contributed by atoms with Gasteiger partial charge in [0.05, 0.1) is 39.6 Å². The Kier molecular flexibility index (Phi) is 15.0. The Hall–Kier alpha value is -2.94. The zero-order valence-corrected chi connectivity index (χ0v) is 26.3. The summed E-state index contributed by atoms with van der Waals surface area (Å²) in [7, 11) is -1.77. The lowest BCUT2D eigenvalue weighted by atomic mass is 10.0. The fourth-order valence-electron chi connectivity index (χ4n) is 4.53. The van der Waals surface area contributed by atoms with E-state index in [-0.39, 0.29) is 39.6 Å². The van der Waals surface area contributed by atoms with E-state index >= 15 is 0 Å². The van der Waals surface area contributed by atoms with Crippen molar-refractivity contribution in [1.29, 1.82) is 0 Å². The lowest BCUT2D eigenvalue weighted by Gasteiger charge is -2.26. The van der Waals surface area contributed by atoms with E-state index < -0.39 is 81.4 Å². The summed E-state index contributed by atoms with van der Waals surface area (Å²) < 4.78 is 89.5. The van der Waals surface area contributed by atoms with Crippen molar-refractivity contribution in [3.05, 3.63) is 33.1 Å². The second-order valence-corrected chi connectivity index (χ2v) is 11.3. The number of hydrogen-bond acceptors (Lipinski definition) is 17. The van der Waals surface area contributed by atoms with E-state index in [0.29, 0.717) is 13.2 Å². The van der Waals surface area contributed by atoms with Crippen molar-refractivity contribution in [3.63, 3.8) is 0 Å². The van der Waals surface area contributed by atoms with Crippen LogP contribution in [0.2, 0.25) is 0 Å². The number of hydrogen-bond donors (Lipinski definition) is 1. The number of halogens is 1. The monoisotopic (exact) mass is 688 g/mol. The Morgan fingerprint density at radius 1 is 0.913 bits per heavy atom. The number of aromatic nitrogens is 2. The Bertz CT molecular complexity index is 1240. The summed E-state index contributed by atoms with van der Waals surface area (Å²) in [5, 5.41) is 0. The van der Waals surface area contributed by atoms with Gasteiger partial charge in [0, 0.05) is 38.3 Å². The molecule has 2 aliphatic rings. The van der Waals surface area contributed by atoms with E-state index in [4.69, 9.17) is 56.2 Å². The molecule has 46 heavy (non-hydrogen) atoms. The Balaban J connectivity index is 1.57. The lowest BCUT2D eigenvalue weighted by molar-refractivity contribution is -0.0964. The fourth-order valence-corrected chi connectivity index (χ4v) is 5.68. The molecular weight excluding hydrogens is 650 g/mol. The van der Waals surface area contributed by atoms with Gasteiger partial charge in [-0.2, -0.15) is 0 Å². The first-order valence-corrected chi connectivity index (χ1v) is 15.4. The predicted octanol–water partition coefficient (Wildman–Crippen LogP) is 1.11. The van der Waals surface area contributed by atoms with Crippen LogP contribution in [0.15, 0.2) is 21.9 Å². The molecule has 1 saturated heterocycles. The molecule has 2 unspecified atom stereocenters. The zero-order chi connectivity index (χ0) is 33.6. The molecule has 3 rings (SSSR count). The average molecular weight is 689 g/mol. The molecular formula is C25H38FN2O17P. The largest absolute Gasteiger partial charge is 0.510 e. The van der Waals surface area contributed by atoms with Crippen molar-refractivity contribution in [2.75, 3.05) is 87.3 Å². The number of phosphoric acid groups is 1. The Morgan fingerprint density at radius 2 is 1.46 bits per heavy atom. The molecule has 2 heterocycles. The van der Waals surface area contributed by atoms with E-state index in [1.165, 1.54) is 20.4 Å². The molecule has 0 bridgehead atoms. The van der Waals surface area contributed by atoms with Crippen LogP contribution < -0.4 is 11.2 Å². The van der Waals surface area contributed by atoms with Gasteiger partial charge in [0.1, 0.15) is 37.8 Å². The van der Waals surface area contributed by atoms with Gasteiger partial charge < -0.3 is 42.6 Å². The first-order valence-electron chi connectivity index (χ1n) is 14.0. The van der Waals surface area contributed by atoms with Gasteiger partial charge in [-0.3, -0.25) is 18.9 Å². The van der Waals surface area contributed by atoms with Crippen molar-refractivity contribution >= 4 is 20.1 Å². The molecule has 0 aromatic carbocycles. The number of alkyl halides is 1. The first kappa shape index (κ1) is 37.5. The molecule has 19 nitrogen and oxygen atoms in total. The Morgan fingerprint density at radius 3 is 1.93 bits per heavy atom. The highest BCUT2D eigenvalue weighted by Gasteiger charge is 2.77. The molecule has 21 heteroatoms. The molecule has 0 radical (unpaired) electrons. The van der Waals surface area contributed by atoms with Crippen molar-refractivity contribution in [2.24, 2.45) is 11.8 Å². The van der Waals surface area contributed by atoms with Crippen molar-refractivity contribution in [1.82, 2.24) is 9.55 Å². The number of nitrogens with zero attached hydrogens (tertiary/aromatic N) is 1. The van der Waals surface area contributed by atoms with Crippen molar-refractivity contribution in [2.45, 2.75) is 24.9 Å². The maximum atomic E-state index is 14.4. The van der Waals surface area contributed by atoms with Gasteiger partial charge >= 0.3 is 25.8 Å². The third-order valence-corrected chi connectivity index (χ3v) is 8.06. The summed E-state index contributed by atoms with van der Waals surface area (Å²) in [6.07, 6.45) is -3.41. The normalized spacial score (nSPS) is 23.5. The average Bonchev–Trinajstić information content (AvgIpc) is 3.52. The van der Waals surface area contributed by atoms with Gasteiger partial charge in [-0.15, -0.1) is 0 Å². The molecule has 0 amide bonds. The first-order chi connectivity index (χ1) is 22.1. The summed E-state index contributed by atoms with van der Waals surface area (Å²) in [4.78, 5) is 49.5. The number of phosphoric ester groups is 1. The van der Waals surface area contributed by atoms with Crippen LogP contribution in [0.3, 0.4) is 0 Å². The summed E-state index contributed by atoms with van der Waals surface area (Å²) >= 11 is 0. The molecule has 5 atom stereocenters. The number of H-pyrrole nitrogens is 1. The molecule has 1 N–H and O–H groups in total. The van der Waals surface area contributed by atoms with Gasteiger partial charge in [0.15, 0.2) is 0 Å². The third-order valence-electron chi connectivity index (χ3n) is 6.73. The van der Waals surface area contributed by atoms with E-state index in [1.54, 1.807) is 6.92 Å². The summed E-state index contributed by atoms with van der Waals surface area (Å²) in [5.74, 6) is -1.35. The van der Waals surface area contributed by atoms with E-state index in [2.05, 4.69) is 4.98 Å². The SMILES string of the molecule is COCCOCCOC(=O)OCOP(=O)(OCOC(=O)OCCOCCOC)OC1C2[C@H](C)[C@H](n3ccc(=O)[nH]c3=O)O[C@]12CF. The number of methoxy groups -OCH3 is 2. The van der Waals surface area contributed by atoms with Crippen LogP contribution in [0, 0.1) is 11.8 Å². The van der Waals surface area contributed by atoms with Crippen LogP contribution >= 0.6 is 7.82 Å².